The van der Waals surface area contributed by atoms with Crippen LogP contribution in [-0.4, -0.2) is 31.0 Å². The Morgan fingerprint density at radius 1 is 1.47 bits per heavy atom. The molecular formula is C15H18N2O2. The Morgan fingerprint density at radius 2 is 2.21 bits per heavy atom. The summed E-state index contributed by atoms with van der Waals surface area (Å²) in [6, 6.07) is 9.66. The number of nitrogens with zero attached hydrogens (tertiary/aromatic N) is 2. The van der Waals surface area contributed by atoms with Crippen molar-refractivity contribution in [2.45, 2.75) is 19.3 Å². The van der Waals surface area contributed by atoms with Gasteiger partial charge in [-0.3, -0.25) is 4.79 Å². The maximum absolute atomic E-state index is 12.2. The molecule has 100 valence electrons. The van der Waals surface area contributed by atoms with E-state index in [2.05, 4.69) is 6.07 Å². The van der Waals surface area contributed by atoms with Gasteiger partial charge in [0.25, 0.3) is 0 Å². The molecule has 0 radical (unpaired) electrons. The lowest BCUT2D eigenvalue weighted by molar-refractivity contribution is -0.132. The van der Waals surface area contributed by atoms with Gasteiger partial charge in [0.1, 0.15) is 11.7 Å². The average molecular weight is 258 g/mol. The van der Waals surface area contributed by atoms with Crippen molar-refractivity contribution < 1.29 is 9.53 Å². The molecule has 0 saturated carbocycles. The van der Waals surface area contributed by atoms with Crippen molar-refractivity contribution in [2.24, 2.45) is 5.92 Å². The lowest BCUT2D eigenvalue weighted by Crippen LogP contribution is -2.34. The second-order valence-corrected chi connectivity index (χ2v) is 4.77. The highest BCUT2D eigenvalue weighted by atomic mass is 16.5. The number of nitriles is 1. The normalized spacial score (nSPS) is 15.9. The number of amides is 1. The van der Waals surface area contributed by atoms with E-state index in [0.29, 0.717) is 6.42 Å². The van der Waals surface area contributed by atoms with E-state index in [1.54, 1.807) is 12.0 Å². The van der Waals surface area contributed by atoms with E-state index < -0.39 is 5.92 Å². The first-order chi connectivity index (χ1) is 9.24. The summed E-state index contributed by atoms with van der Waals surface area (Å²) >= 11 is 0. The molecule has 1 aromatic carbocycles. The summed E-state index contributed by atoms with van der Waals surface area (Å²) in [6.07, 6.45) is 2.54. The van der Waals surface area contributed by atoms with Gasteiger partial charge in [-0.15, -0.1) is 0 Å². The van der Waals surface area contributed by atoms with Crippen LogP contribution in [0.1, 0.15) is 18.4 Å². The molecule has 2 rings (SSSR count). The van der Waals surface area contributed by atoms with Crippen LogP contribution in [0.25, 0.3) is 0 Å². The first-order valence-electron chi connectivity index (χ1n) is 6.56. The highest BCUT2D eigenvalue weighted by Crippen LogP contribution is 2.19. The van der Waals surface area contributed by atoms with Gasteiger partial charge in [0.15, 0.2) is 0 Å². The van der Waals surface area contributed by atoms with E-state index in [9.17, 15) is 10.1 Å². The monoisotopic (exact) mass is 258 g/mol. The fraction of sp³-hybridized carbons (Fsp3) is 0.467. The third-order valence-corrected chi connectivity index (χ3v) is 3.45. The second kappa shape index (κ2) is 6.24. The Bertz CT molecular complexity index is 487. The van der Waals surface area contributed by atoms with Crippen molar-refractivity contribution in [3.8, 4) is 11.8 Å². The molecule has 1 amide bonds. The minimum atomic E-state index is -0.592. The van der Waals surface area contributed by atoms with Gasteiger partial charge in [-0.05, 0) is 37.0 Å². The fourth-order valence-corrected chi connectivity index (χ4v) is 2.38. The van der Waals surface area contributed by atoms with Crippen LogP contribution in [0.5, 0.6) is 5.75 Å². The molecule has 0 N–H and O–H groups in total. The zero-order valence-corrected chi connectivity index (χ0v) is 11.1. The van der Waals surface area contributed by atoms with Crippen molar-refractivity contribution in [3.63, 3.8) is 0 Å². The molecule has 0 aromatic heterocycles. The Hall–Kier alpha value is -2.02. The molecule has 1 heterocycles. The molecule has 1 fully saturated rings. The van der Waals surface area contributed by atoms with Gasteiger partial charge in [0, 0.05) is 13.1 Å². The van der Waals surface area contributed by atoms with E-state index in [-0.39, 0.29) is 5.91 Å². The molecule has 1 aliphatic rings. The van der Waals surface area contributed by atoms with Crippen LogP contribution in [0.2, 0.25) is 0 Å². The molecule has 19 heavy (non-hydrogen) atoms. The minimum absolute atomic E-state index is 0.0391. The maximum atomic E-state index is 12.2. The van der Waals surface area contributed by atoms with Gasteiger partial charge in [-0.2, -0.15) is 5.26 Å². The highest BCUT2D eigenvalue weighted by molar-refractivity contribution is 5.81. The Morgan fingerprint density at radius 3 is 2.84 bits per heavy atom. The van der Waals surface area contributed by atoms with E-state index in [1.165, 1.54) is 0 Å². The minimum Gasteiger partial charge on any atom is -0.497 e. The number of benzene rings is 1. The molecule has 1 saturated heterocycles. The molecule has 0 bridgehead atoms. The number of methoxy groups -OCH3 is 1. The van der Waals surface area contributed by atoms with Gasteiger partial charge >= 0.3 is 0 Å². The summed E-state index contributed by atoms with van der Waals surface area (Å²) in [5, 5.41) is 9.22. The lowest BCUT2D eigenvalue weighted by atomic mass is 9.99. The van der Waals surface area contributed by atoms with Crippen molar-refractivity contribution >= 4 is 5.91 Å². The largest absolute Gasteiger partial charge is 0.497 e. The van der Waals surface area contributed by atoms with Gasteiger partial charge in [-0.1, -0.05) is 12.1 Å². The summed E-state index contributed by atoms with van der Waals surface area (Å²) < 4.78 is 5.15. The molecule has 0 aliphatic carbocycles. The molecule has 4 heteroatoms. The van der Waals surface area contributed by atoms with Gasteiger partial charge < -0.3 is 9.64 Å². The third-order valence-electron chi connectivity index (χ3n) is 3.45. The molecule has 1 unspecified atom stereocenters. The van der Waals surface area contributed by atoms with Crippen LogP contribution in [-0.2, 0) is 11.2 Å². The Balaban J connectivity index is 2.05. The predicted molar refractivity (Wildman–Crippen MR) is 71.6 cm³/mol. The number of carbonyl (C=O) groups is 1. The Kier molecular flexibility index (Phi) is 4.40. The van der Waals surface area contributed by atoms with Crippen LogP contribution in [0.15, 0.2) is 24.3 Å². The van der Waals surface area contributed by atoms with Crippen molar-refractivity contribution in [3.05, 3.63) is 29.8 Å². The predicted octanol–water partition coefficient (Wildman–Crippen LogP) is 2.00. The van der Waals surface area contributed by atoms with Crippen LogP contribution in [0.4, 0.5) is 0 Å². The fourth-order valence-electron chi connectivity index (χ4n) is 2.38. The summed E-state index contributed by atoms with van der Waals surface area (Å²) in [5.74, 6) is 0.121. The lowest BCUT2D eigenvalue weighted by Gasteiger charge is -2.18. The standard InChI is InChI=1S/C15H18N2O2/c1-19-14-6-4-5-12(10-14)9-13(11-16)15(18)17-7-2-3-8-17/h4-6,10,13H,2-3,7-9H2,1H3. The van der Waals surface area contributed by atoms with Crippen LogP contribution >= 0.6 is 0 Å². The average Bonchev–Trinajstić information content (AvgIpc) is 2.98. The van der Waals surface area contributed by atoms with E-state index in [0.717, 1.165) is 37.2 Å². The van der Waals surface area contributed by atoms with E-state index in [1.807, 2.05) is 24.3 Å². The molecular weight excluding hydrogens is 240 g/mol. The van der Waals surface area contributed by atoms with Gasteiger partial charge in [-0.25, -0.2) is 0 Å². The quantitative estimate of drug-likeness (QED) is 0.830. The number of ether oxygens (including phenoxy) is 1. The topological polar surface area (TPSA) is 53.3 Å². The maximum Gasteiger partial charge on any atom is 0.240 e. The third kappa shape index (κ3) is 3.25. The number of hydrogen-bond acceptors (Lipinski definition) is 3. The molecule has 0 spiro atoms. The Labute approximate surface area is 113 Å². The van der Waals surface area contributed by atoms with Crippen LogP contribution in [0, 0.1) is 17.2 Å². The molecule has 1 atom stereocenters. The summed E-state index contributed by atoms with van der Waals surface area (Å²) in [6.45, 7) is 1.57. The SMILES string of the molecule is COc1cccc(CC(C#N)C(=O)N2CCCC2)c1. The molecule has 1 aromatic rings. The van der Waals surface area contributed by atoms with Crippen molar-refractivity contribution in [2.75, 3.05) is 20.2 Å². The number of hydrogen-bond donors (Lipinski definition) is 0. The van der Waals surface area contributed by atoms with Crippen LogP contribution in [0.3, 0.4) is 0 Å². The molecule has 1 aliphatic heterocycles. The van der Waals surface area contributed by atoms with Crippen LogP contribution < -0.4 is 4.74 Å². The second-order valence-electron chi connectivity index (χ2n) is 4.77. The zero-order chi connectivity index (χ0) is 13.7. The van der Waals surface area contributed by atoms with E-state index in [4.69, 9.17) is 4.74 Å². The van der Waals surface area contributed by atoms with Crippen molar-refractivity contribution in [1.82, 2.24) is 4.90 Å². The first kappa shape index (κ1) is 13.4. The molecule has 4 nitrogen and oxygen atoms in total. The number of carbonyl (C=O) groups excluding carboxylic acids is 1. The van der Waals surface area contributed by atoms with Gasteiger partial charge in [0.05, 0.1) is 13.2 Å². The summed E-state index contributed by atoms with van der Waals surface area (Å²) in [7, 11) is 1.61. The van der Waals surface area contributed by atoms with Crippen molar-refractivity contribution in [1.29, 1.82) is 5.26 Å². The van der Waals surface area contributed by atoms with Gasteiger partial charge in [0.2, 0.25) is 5.91 Å². The number of rotatable bonds is 4. The first-order valence-corrected chi connectivity index (χ1v) is 6.56. The number of likely N-dealkylation sites (tertiary alicyclic amines) is 1. The zero-order valence-electron chi connectivity index (χ0n) is 11.1. The smallest absolute Gasteiger partial charge is 0.240 e. The summed E-state index contributed by atoms with van der Waals surface area (Å²) in [5.41, 5.74) is 0.957. The van der Waals surface area contributed by atoms with E-state index >= 15 is 0 Å². The highest BCUT2D eigenvalue weighted by Gasteiger charge is 2.26. The summed E-state index contributed by atoms with van der Waals surface area (Å²) in [4.78, 5) is 14.0.